The Morgan fingerprint density at radius 1 is 1.21 bits per heavy atom. The minimum absolute atomic E-state index is 0. The zero-order valence-corrected chi connectivity index (χ0v) is 20.0. The number of allylic oxidation sites excluding steroid dienone is 2. The largest absolute Gasteiger partial charge is 0.357 e. The Hall–Kier alpha value is -1.16. The molecule has 0 aromatic rings. The molecule has 1 aliphatic heterocycles. The lowest BCUT2D eigenvalue weighted by atomic mass is 9.85. The van der Waals surface area contributed by atoms with Crippen LogP contribution in [0.25, 0.3) is 0 Å². The number of nitrogens with zero attached hydrogens (tertiary/aromatic N) is 3. The van der Waals surface area contributed by atoms with Crippen molar-refractivity contribution in [2.45, 2.75) is 45.2 Å². The lowest BCUT2D eigenvalue weighted by molar-refractivity contribution is -0.140. The van der Waals surface area contributed by atoms with E-state index < -0.39 is 0 Å². The number of nitrogens with one attached hydrogen (secondary N) is 2. The quantitative estimate of drug-likeness (QED) is 0.168. The maximum Gasteiger partial charge on any atom is 0.233 e. The van der Waals surface area contributed by atoms with Crippen LogP contribution >= 0.6 is 24.0 Å². The van der Waals surface area contributed by atoms with Gasteiger partial charge in [-0.15, -0.1) is 24.0 Å². The van der Waals surface area contributed by atoms with Crippen molar-refractivity contribution >= 4 is 41.8 Å². The first-order valence-corrected chi connectivity index (χ1v) is 10.8. The van der Waals surface area contributed by atoms with E-state index in [1.54, 1.807) is 0 Å². The number of likely N-dealkylation sites (N-methyl/N-ethyl adjacent to an activating group) is 1. The predicted molar refractivity (Wildman–Crippen MR) is 124 cm³/mol. The molecule has 4 rings (SSSR count). The third-order valence-corrected chi connectivity index (χ3v) is 6.87. The van der Waals surface area contributed by atoms with Gasteiger partial charge in [-0.1, -0.05) is 12.2 Å². The lowest BCUT2D eigenvalue weighted by Gasteiger charge is -2.23. The number of amides is 2. The van der Waals surface area contributed by atoms with Gasteiger partial charge in [-0.05, 0) is 52.0 Å². The van der Waals surface area contributed by atoms with Crippen molar-refractivity contribution in [3.63, 3.8) is 0 Å². The summed E-state index contributed by atoms with van der Waals surface area (Å²) in [5.41, 5.74) is 0. The fourth-order valence-corrected chi connectivity index (χ4v) is 5.01. The summed E-state index contributed by atoms with van der Waals surface area (Å²) >= 11 is 0. The van der Waals surface area contributed by atoms with Gasteiger partial charge in [-0.2, -0.15) is 0 Å². The number of halogens is 1. The van der Waals surface area contributed by atoms with Gasteiger partial charge in [0.2, 0.25) is 11.8 Å². The lowest BCUT2D eigenvalue weighted by Crippen LogP contribution is -2.44. The first kappa shape index (κ1) is 22.5. The fourth-order valence-electron chi connectivity index (χ4n) is 5.01. The summed E-state index contributed by atoms with van der Waals surface area (Å²) in [4.78, 5) is 34.0. The molecule has 3 aliphatic carbocycles. The van der Waals surface area contributed by atoms with Gasteiger partial charge in [0, 0.05) is 31.7 Å². The Labute approximate surface area is 190 Å². The zero-order valence-electron chi connectivity index (χ0n) is 17.6. The first-order valence-electron chi connectivity index (χ1n) is 10.8. The highest BCUT2D eigenvalue weighted by Gasteiger charge is 2.58. The molecule has 0 aromatic carbocycles. The minimum Gasteiger partial charge on any atom is -0.357 e. The Morgan fingerprint density at radius 2 is 1.83 bits per heavy atom. The second kappa shape index (κ2) is 9.32. The zero-order chi connectivity index (χ0) is 19.8. The fraction of sp³-hybridized carbons (Fsp3) is 0.762. The van der Waals surface area contributed by atoms with E-state index in [4.69, 9.17) is 4.99 Å². The van der Waals surface area contributed by atoms with E-state index in [9.17, 15) is 9.59 Å². The van der Waals surface area contributed by atoms with Crippen LogP contribution in [0.1, 0.15) is 33.1 Å². The van der Waals surface area contributed by atoms with Crippen LogP contribution in [0, 0.1) is 23.7 Å². The molecule has 7 nitrogen and oxygen atoms in total. The monoisotopic (exact) mass is 515 g/mol. The van der Waals surface area contributed by atoms with Gasteiger partial charge in [-0.25, -0.2) is 0 Å². The van der Waals surface area contributed by atoms with E-state index in [0.717, 1.165) is 31.5 Å². The highest BCUT2D eigenvalue weighted by molar-refractivity contribution is 14.0. The highest BCUT2D eigenvalue weighted by Crippen LogP contribution is 2.52. The van der Waals surface area contributed by atoms with Gasteiger partial charge in [0.1, 0.15) is 0 Å². The molecular weight excluding hydrogens is 481 g/mol. The van der Waals surface area contributed by atoms with Crippen molar-refractivity contribution in [1.82, 2.24) is 20.4 Å². The number of imide groups is 1. The summed E-state index contributed by atoms with van der Waals surface area (Å²) in [6, 6.07) is 1.12. The molecule has 29 heavy (non-hydrogen) atoms. The predicted octanol–water partition coefficient (Wildman–Crippen LogP) is 1.45. The number of aliphatic imine (C=N–C) groups is 1. The number of carbonyl (C=O) groups excluding carboxylic acids is 2. The van der Waals surface area contributed by atoms with Crippen molar-refractivity contribution in [3.05, 3.63) is 12.2 Å². The molecule has 162 valence electrons. The molecule has 1 heterocycles. The summed E-state index contributed by atoms with van der Waals surface area (Å²) in [6.45, 7) is 6.68. The molecule has 5 atom stereocenters. The third-order valence-electron chi connectivity index (χ3n) is 6.87. The van der Waals surface area contributed by atoms with Crippen LogP contribution in [0.15, 0.2) is 17.1 Å². The van der Waals surface area contributed by atoms with E-state index in [0.29, 0.717) is 19.1 Å². The average Bonchev–Trinajstić information content (AvgIpc) is 3.26. The number of carbonyl (C=O) groups is 2. The molecule has 0 spiro atoms. The van der Waals surface area contributed by atoms with Crippen LogP contribution in [0.5, 0.6) is 0 Å². The van der Waals surface area contributed by atoms with Crippen LogP contribution in [0.4, 0.5) is 0 Å². The Morgan fingerprint density at radius 3 is 2.38 bits per heavy atom. The molecule has 1 saturated heterocycles. The molecule has 2 amide bonds. The average molecular weight is 515 g/mol. The molecule has 3 fully saturated rings. The summed E-state index contributed by atoms with van der Waals surface area (Å²) in [7, 11) is 2.17. The molecule has 2 bridgehead atoms. The van der Waals surface area contributed by atoms with Gasteiger partial charge in [-0.3, -0.25) is 24.4 Å². The number of likely N-dealkylation sites (tertiary alicyclic amines) is 1. The molecule has 5 unspecified atom stereocenters. The molecule has 4 aliphatic rings. The van der Waals surface area contributed by atoms with Crippen molar-refractivity contribution in [2.75, 3.05) is 33.2 Å². The maximum atomic E-state index is 12.7. The van der Waals surface area contributed by atoms with E-state index in [-0.39, 0.29) is 59.5 Å². The normalized spacial score (nSPS) is 31.3. The van der Waals surface area contributed by atoms with Gasteiger partial charge in [0.25, 0.3) is 0 Å². The van der Waals surface area contributed by atoms with Crippen LogP contribution in [-0.2, 0) is 9.59 Å². The van der Waals surface area contributed by atoms with Crippen LogP contribution in [0.3, 0.4) is 0 Å². The Bertz CT molecular complexity index is 663. The minimum atomic E-state index is -0.108. The molecule has 2 N–H and O–H groups in total. The number of hydrogen-bond donors (Lipinski definition) is 2. The van der Waals surface area contributed by atoms with Crippen molar-refractivity contribution < 1.29 is 9.59 Å². The number of hydrogen-bond acceptors (Lipinski definition) is 4. The summed E-state index contributed by atoms with van der Waals surface area (Å²) in [5, 5.41) is 6.55. The smallest absolute Gasteiger partial charge is 0.233 e. The summed E-state index contributed by atoms with van der Waals surface area (Å²) in [5.74, 6) is 1.12. The second-order valence-corrected chi connectivity index (χ2v) is 8.72. The molecule has 8 heteroatoms. The molecular formula is C21H34IN5O2. The van der Waals surface area contributed by atoms with Gasteiger partial charge in [0.05, 0.1) is 18.4 Å². The number of guanidine groups is 1. The second-order valence-electron chi connectivity index (χ2n) is 8.72. The number of rotatable bonds is 8. The maximum absolute atomic E-state index is 12.7. The number of fused-ring (bicyclic) bond motifs is 5. The van der Waals surface area contributed by atoms with Gasteiger partial charge in [0.15, 0.2) is 5.96 Å². The van der Waals surface area contributed by atoms with Crippen LogP contribution in [0.2, 0.25) is 0 Å². The third kappa shape index (κ3) is 4.47. The molecule has 0 radical (unpaired) electrons. The van der Waals surface area contributed by atoms with E-state index in [2.05, 4.69) is 41.7 Å². The topological polar surface area (TPSA) is 77.0 Å². The molecule has 0 aromatic heterocycles. The van der Waals surface area contributed by atoms with Crippen molar-refractivity contribution in [1.29, 1.82) is 0 Å². The van der Waals surface area contributed by atoms with Crippen molar-refractivity contribution in [3.8, 4) is 0 Å². The summed E-state index contributed by atoms with van der Waals surface area (Å²) in [6.07, 6.45) is 7.83. The van der Waals surface area contributed by atoms with E-state index in [1.807, 2.05) is 6.92 Å². The van der Waals surface area contributed by atoms with Gasteiger partial charge >= 0.3 is 0 Å². The Balaban J connectivity index is 0.00000240. The SMILES string of the molecule is CCNC(=NCC(C)N(C)C1CC1)NCCN1C(=O)C2C3C=CC(C3)C2C1=O.I. The highest BCUT2D eigenvalue weighted by atomic mass is 127. The molecule has 2 saturated carbocycles. The Kier molecular flexibility index (Phi) is 7.24. The van der Waals surface area contributed by atoms with Crippen LogP contribution in [-0.4, -0.2) is 72.9 Å². The van der Waals surface area contributed by atoms with Gasteiger partial charge < -0.3 is 10.6 Å². The standard InChI is InChI=1S/C21H33N5O2.HI/c1-4-22-21(24-12-13(2)25(3)16-7-8-16)23-9-10-26-19(27)17-14-5-6-15(11-14)18(17)20(26)28;/h5-6,13-18H,4,7-12H2,1-3H3,(H2,22,23,24);1H. The summed E-state index contributed by atoms with van der Waals surface area (Å²) < 4.78 is 0. The first-order chi connectivity index (χ1) is 13.5. The van der Waals surface area contributed by atoms with E-state index in [1.165, 1.54) is 17.7 Å². The van der Waals surface area contributed by atoms with Crippen LogP contribution < -0.4 is 10.6 Å². The van der Waals surface area contributed by atoms with Crippen molar-refractivity contribution in [2.24, 2.45) is 28.7 Å². The van der Waals surface area contributed by atoms with E-state index >= 15 is 0 Å².